The molecule has 0 atom stereocenters. The molecule has 0 radical (unpaired) electrons. The molecule has 6 heteroatoms. The van der Waals surface area contributed by atoms with E-state index in [0.717, 1.165) is 11.3 Å². The summed E-state index contributed by atoms with van der Waals surface area (Å²) >= 11 is 16.5. The molecule has 1 rings (SSSR count). The van der Waals surface area contributed by atoms with Gasteiger partial charge < -0.3 is 9.47 Å². The SMILES string of the molecule is C=CCOc1ccccc1/C=C/COC(=N)C(Cl)(Cl)Cl. The normalized spacial score (nSPS) is 11.3. The zero-order valence-electron chi connectivity index (χ0n) is 10.6. The molecule has 1 N–H and O–H groups in total. The van der Waals surface area contributed by atoms with Crippen molar-refractivity contribution in [2.45, 2.75) is 3.79 Å². The summed E-state index contributed by atoms with van der Waals surface area (Å²) in [6.45, 7) is 4.16. The minimum Gasteiger partial charge on any atom is -0.489 e. The standard InChI is InChI=1S/C14H14Cl3NO2/c1-2-9-19-12-8-4-3-6-11(12)7-5-10-20-13(18)14(15,16)17/h2-8,18H,1,9-10H2/b7-5+,18-13?. The molecule has 1 aromatic carbocycles. The first-order valence-corrected chi connectivity index (χ1v) is 6.86. The Morgan fingerprint density at radius 1 is 1.25 bits per heavy atom. The van der Waals surface area contributed by atoms with Gasteiger partial charge in [0.2, 0.25) is 5.90 Å². The molecular weight excluding hydrogens is 321 g/mol. The molecular formula is C14H14Cl3NO2. The van der Waals surface area contributed by atoms with Gasteiger partial charge in [-0.1, -0.05) is 71.7 Å². The highest BCUT2D eigenvalue weighted by molar-refractivity contribution is 6.76. The van der Waals surface area contributed by atoms with E-state index in [1.54, 1.807) is 12.2 Å². The first-order chi connectivity index (χ1) is 9.45. The molecule has 0 aromatic heterocycles. The second-order valence-corrected chi connectivity index (χ2v) is 5.96. The maximum absolute atomic E-state index is 7.37. The van der Waals surface area contributed by atoms with Gasteiger partial charge in [0.1, 0.15) is 19.0 Å². The van der Waals surface area contributed by atoms with E-state index >= 15 is 0 Å². The van der Waals surface area contributed by atoms with Gasteiger partial charge in [-0.2, -0.15) is 0 Å². The van der Waals surface area contributed by atoms with Gasteiger partial charge in [-0.15, -0.1) is 0 Å². The van der Waals surface area contributed by atoms with Crippen molar-refractivity contribution >= 4 is 46.8 Å². The quantitative estimate of drug-likeness (QED) is 0.357. The van der Waals surface area contributed by atoms with Crippen LogP contribution in [0.2, 0.25) is 0 Å². The van der Waals surface area contributed by atoms with Crippen LogP contribution in [0.25, 0.3) is 6.08 Å². The third-order valence-electron chi connectivity index (χ3n) is 2.15. The topological polar surface area (TPSA) is 42.3 Å². The molecule has 0 saturated heterocycles. The van der Waals surface area contributed by atoms with Crippen LogP contribution < -0.4 is 4.74 Å². The summed E-state index contributed by atoms with van der Waals surface area (Å²) in [4.78, 5) is 0. The highest BCUT2D eigenvalue weighted by Crippen LogP contribution is 2.27. The van der Waals surface area contributed by atoms with E-state index in [4.69, 9.17) is 49.7 Å². The number of hydrogen-bond acceptors (Lipinski definition) is 3. The number of hydrogen-bond donors (Lipinski definition) is 1. The van der Waals surface area contributed by atoms with Crippen LogP contribution in [0.1, 0.15) is 5.56 Å². The Kier molecular flexibility index (Phi) is 6.93. The van der Waals surface area contributed by atoms with E-state index in [1.165, 1.54) is 0 Å². The molecule has 1 aromatic rings. The Morgan fingerprint density at radius 3 is 2.60 bits per heavy atom. The monoisotopic (exact) mass is 333 g/mol. The van der Waals surface area contributed by atoms with Gasteiger partial charge in [0.15, 0.2) is 0 Å². The fraction of sp³-hybridized carbons (Fsp3) is 0.214. The summed E-state index contributed by atoms with van der Waals surface area (Å²) in [6, 6.07) is 7.53. The zero-order valence-corrected chi connectivity index (χ0v) is 12.9. The van der Waals surface area contributed by atoms with Gasteiger partial charge in [0.05, 0.1) is 0 Å². The van der Waals surface area contributed by atoms with Gasteiger partial charge in [-0.3, -0.25) is 5.41 Å². The molecule has 0 aliphatic heterocycles. The minimum atomic E-state index is -1.83. The van der Waals surface area contributed by atoms with Crippen LogP contribution in [0.4, 0.5) is 0 Å². The van der Waals surface area contributed by atoms with Crippen LogP contribution >= 0.6 is 34.8 Å². The van der Waals surface area contributed by atoms with Crippen molar-refractivity contribution < 1.29 is 9.47 Å². The fourth-order valence-corrected chi connectivity index (χ4v) is 1.45. The van der Waals surface area contributed by atoms with Crippen molar-refractivity contribution in [2.24, 2.45) is 0 Å². The second-order valence-electron chi connectivity index (χ2n) is 3.68. The summed E-state index contributed by atoms with van der Waals surface area (Å²) in [7, 11) is 0. The van der Waals surface area contributed by atoms with Crippen molar-refractivity contribution in [2.75, 3.05) is 13.2 Å². The number of para-hydroxylation sites is 1. The van der Waals surface area contributed by atoms with E-state index in [0.29, 0.717) is 6.61 Å². The predicted molar refractivity (Wildman–Crippen MR) is 85.1 cm³/mol. The molecule has 20 heavy (non-hydrogen) atoms. The highest BCUT2D eigenvalue weighted by Gasteiger charge is 2.28. The van der Waals surface area contributed by atoms with Crippen LogP contribution in [-0.4, -0.2) is 22.9 Å². The average molecular weight is 335 g/mol. The Bertz CT molecular complexity index is 495. The number of ether oxygens (including phenoxy) is 2. The Balaban J connectivity index is 2.58. The van der Waals surface area contributed by atoms with E-state index < -0.39 is 9.69 Å². The van der Waals surface area contributed by atoms with Gasteiger partial charge in [0, 0.05) is 5.56 Å². The van der Waals surface area contributed by atoms with Crippen molar-refractivity contribution in [1.82, 2.24) is 0 Å². The summed E-state index contributed by atoms with van der Waals surface area (Å²) in [6.07, 6.45) is 5.19. The zero-order chi connectivity index (χ0) is 15.0. The van der Waals surface area contributed by atoms with Gasteiger partial charge >= 0.3 is 0 Å². The molecule has 0 unspecified atom stereocenters. The second kappa shape index (κ2) is 8.20. The molecule has 0 spiro atoms. The number of halogens is 3. The third-order valence-corrected chi connectivity index (χ3v) is 2.67. The molecule has 0 aliphatic rings. The summed E-state index contributed by atoms with van der Waals surface area (Å²) in [5.74, 6) is 0.323. The maximum Gasteiger partial charge on any atom is 0.265 e. The van der Waals surface area contributed by atoms with Crippen molar-refractivity contribution in [3.8, 4) is 5.75 Å². The molecule has 0 bridgehead atoms. The van der Waals surface area contributed by atoms with Crippen molar-refractivity contribution in [3.05, 3.63) is 48.6 Å². The first kappa shape index (κ1) is 16.9. The highest BCUT2D eigenvalue weighted by atomic mass is 35.6. The first-order valence-electron chi connectivity index (χ1n) is 5.73. The minimum absolute atomic E-state index is 0.128. The van der Waals surface area contributed by atoms with Crippen molar-refractivity contribution in [3.63, 3.8) is 0 Å². The Hall–Kier alpha value is -1.16. The largest absolute Gasteiger partial charge is 0.489 e. The smallest absolute Gasteiger partial charge is 0.265 e. The van der Waals surface area contributed by atoms with Crippen LogP contribution in [0.5, 0.6) is 5.75 Å². The van der Waals surface area contributed by atoms with E-state index in [1.807, 2.05) is 30.3 Å². The molecule has 108 valence electrons. The predicted octanol–water partition coefficient (Wildman–Crippen LogP) is 4.63. The Labute approximate surface area is 133 Å². The van der Waals surface area contributed by atoms with E-state index in [9.17, 15) is 0 Å². The maximum atomic E-state index is 7.37. The Morgan fingerprint density at radius 2 is 1.95 bits per heavy atom. The number of benzene rings is 1. The molecule has 0 heterocycles. The lowest BCUT2D eigenvalue weighted by Crippen LogP contribution is -2.21. The number of nitrogens with one attached hydrogen (secondary N) is 1. The van der Waals surface area contributed by atoms with Gasteiger partial charge in [-0.25, -0.2) is 0 Å². The molecule has 0 amide bonds. The summed E-state index contributed by atoms with van der Waals surface area (Å²) in [5.41, 5.74) is 0.887. The van der Waals surface area contributed by atoms with Crippen LogP contribution in [0.3, 0.4) is 0 Å². The average Bonchev–Trinajstić information content (AvgIpc) is 2.41. The van der Waals surface area contributed by atoms with Crippen molar-refractivity contribution in [1.29, 1.82) is 5.41 Å². The van der Waals surface area contributed by atoms with E-state index in [2.05, 4.69) is 6.58 Å². The fourth-order valence-electron chi connectivity index (χ4n) is 1.29. The lowest BCUT2D eigenvalue weighted by Gasteiger charge is -2.12. The number of rotatable bonds is 6. The van der Waals surface area contributed by atoms with Gasteiger partial charge in [0.25, 0.3) is 3.79 Å². The summed E-state index contributed by atoms with van der Waals surface area (Å²) < 4.78 is 8.66. The molecule has 0 aliphatic carbocycles. The van der Waals surface area contributed by atoms with Gasteiger partial charge in [-0.05, 0) is 12.1 Å². The molecule has 0 saturated carbocycles. The van der Waals surface area contributed by atoms with Crippen LogP contribution in [0, 0.1) is 5.41 Å². The lowest BCUT2D eigenvalue weighted by atomic mass is 10.2. The third kappa shape index (κ3) is 5.87. The lowest BCUT2D eigenvalue weighted by molar-refractivity contribution is 0.340. The van der Waals surface area contributed by atoms with Crippen LogP contribution in [0.15, 0.2) is 43.0 Å². The summed E-state index contributed by atoms with van der Waals surface area (Å²) in [5, 5.41) is 7.37. The molecule has 3 nitrogen and oxygen atoms in total. The number of alkyl halides is 3. The molecule has 0 fully saturated rings. The van der Waals surface area contributed by atoms with E-state index in [-0.39, 0.29) is 6.61 Å². The van der Waals surface area contributed by atoms with Crippen LogP contribution in [-0.2, 0) is 4.74 Å².